The van der Waals surface area contributed by atoms with Gasteiger partial charge in [-0.2, -0.15) is 13.2 Å². The fourth-order valence-corrected chi connectivity index (χ4v) is 1.37. The maximum Gasteiger partial charge on any atom is 0.396 e. The number of esters is 1. The number of ether oxygens (including phenoxy) is 1. The summed E-state index contributed by atoms with van der Waals surface area (Å²) in [7, 11) is 1.01. The molecule has 6 heteroatoms. The van der Waals surface area contributed by atoms with Crippen LogP contribution in [0.5, 0.6) is 0 Å². The second-order valence-electron chi connectivity index (χ2n) is 3.43. The molecule has 2 nitrogen and oxygen atoms in total. The molecule has 94 valence electrons. The van der Waals surface area contributed by atoms with Crippen molar-refractivity contribution >= 4 is 5.97 Å². The largest absolute Gasteiger partial charge is 0.469 e. The molecule has 0 aliphatic heterocycles. The Bertz CT molecular complexity index is 383. The number of hydrogen-bond donors (Lipinski definition) is 0. The van der Waals surface area contributed by atoms with E-state index < -0.39 is 30.3 Å². The van der Waals surface area contributed by atoms with Crippen LogP contribution in [0, 0.1) is 5.82 Å². The third-order valence-electron chi connectivity index (χ3n) is 2.27. The lowest BCUT2D eigenvalue weighted by atomic mass is 9.95. The van der Waals surface area contributed by atoms with Gasteiger partial charge in [0.2, 0.25) is 0 Å². The molecule has 0 N–H and O–H groups in total. The van der Waals surface area contributed by atoms with Gasteiger partial charge in [0.05, 0.1) is 19.4 Å². The Kier molecular flexibility index (Phi) is 4.09. The number of benzene rings is 1. The van der Waals surface area contributed by atoms with E-state index >= 15 is 0 Å². The first-order valence-electron chi connectivity index (χ1n) is 4.73. The zero-order valence-electron chi connectivity index (χ0n) is 8.92. The molecule has 17 heavy (non-hydrogen) atoms. The van der Waals surface area contributed by atoms with Crippen LogP contribution in [0.15, 0.2) is 24.3 Å². The number of hydrogen-bond acceptors (Lipinski definition) is 2. The van der Waals surface area contributed by atoms with Gasteiger partial charge in [0, 0.05) is 0 Å². The third kappa shape index (κ3) is 3.72. The lowest BCUT2D eigenvalue weighted by molar-refractivity contribution is -0.164. The van der Waals surface area contributed by atoms with E-state index in [2.05, 4.69) is 4.74 Å². The second kappa shape index (κ2) is 5.16. The SMILES string of the molecule is COC(=O)CC(c1ccc(F)cc1)C(F)(F)F. The normalized spacial score (nSPS) is 13.2. The molecule has 1 rings (SSSR count). The highest BCUT2D eigenvalue weighted by Crippen LogP contribution is 2.37. The summed E-state index contributed by atoms with van der Waals surface area (Å²) in [4.78, 5) is 10.9. The predicted molar refractivity (Wildman–Crippen MR) is 51.8 cm³/mol. The molecule has 0 aliphatic rings. The van der Waals surface area contributed by atoms with Gasteiger partial charge < -0.3 is 4.74 Å². The Hall–Kier alpha value is -1.59. The minimum absolute atomic E-state index is 0.163. The molecule has 0 aromatic heterocycles. The first kappa shape index (κ1) is 13.5. The summed E-state index contributed by atoms with van der Waals surface area (Å²) in [5.74, 6) is -3.57. The van der Waals surface area contributed by atoms with Gasteiger partial charge in [-0.3, -0.25) is 4.79 Å². The van der Waals surface area contributed by atoms with E-state index in [4.69, 9.17) is 0 Å². The second-order valence-corrected chi connectivity index (χ2v) is 3.43. The fraction of sp³-hybridized carbons (Fsp3) is 0.364. The van der Waals surface area contributed by atoms with Crippen LogP contribution in [-0.4, -0.2) is 19.3 Å². The summed E-state index contributed by atoms with van der Waals surface area (Å²) in [5.41, 5.74) is -0.163. The molecule has 0 saturated carbocycles. The lowest BCUT2D eigenvalue weighted by Crippen LogP contribution is -2.24. The zero-order valence-corrected chi connectivity index (χ0v) is 8.92. The number of halogens is 4. The fourth-order valence-electron chi connectivity index (χ4n) is 1.37. The van der Waals surface area contributed by atoms with Crippen LogP contribution in [0.1, 0.15) is 17.9 Å². The summed E-state index contributed by atoms with van der Waals surface area (Å²) in [5, 5.41) is 0. The van der Waals surface area contributed by atoms with Crippen molar-refractivity contribution in [1.29, 1.82) is 0 Å². The van der Waals surface area contributed by atoms with Crippen LogP contribution in [0.2, 0.25) is 0 Å². The maximum absolute atomic E-state index is 12.7. The van der Waals surface area contributed by atoms with Crippen LogP contribution in [0.3, 0.4) is 0 Å². The average molecular weight is 250 g/mol. The van der Waals surface area contributed by atoms with Crippen molar-refractivity contribution in [2.75, 3.05) is 7.11 Å². The van der Waals surface area contributed by atoms with Gasteiger partial charge >= 0.3 is 12.1 Å². The van der Waals surface area contributed by atoms with Gasteiger partial charge in [0.1, 0.15) is 5.82 Å². The summed E-state index contributed by atoms with van der Waals surface area (Å²) >= 11 is 0. The van der Waals surface area contributed by atoms with E-state index in [-0.39, 0.29) is 5.56 Å². The Labute approximate surface area is 95.2 Å². The van der Waals surface area contributed by atoms with Crippen molar-refractivity contribution < 1.29 is 27.1 Å². The highest BCUT2D eigenvalue weighted by atomic mass is 19.4. The smallest absolute Gasteiger partial charge is 0.396 e. The van der Waals surface area contributed by atoms with Crippen molar-refractivity contribution in [2.24, 2.45) is 0 Å². The zero-order chi connectivity index (χ0) is 13.1. The number of methoxy groups -OCH3 is 1. The monoisotopic (exact) mass is 250 g/mol. The van der Waals surface area contributed by atoms with Gasteiger partial charge in [-0.05, 0) is 17.7 Å². The molecular formula is C11H10F4O2. The lowest BCUT2D eigenvalue weighted by Gasteiger charge is -2.19. The topological polar surface area (TPSA) is 26.3 Å². The highest BCUT2D eigenvalue weighted by molar-refractivity contribution is 5.70. The van der Waals surface area contributed by atoms with Crippen LogP contribution in [-0.2, 0) is 9.53 Å². The van der Waals surface area contributed by atoms with Crippen LogP contribution >= 0.6 is 0 Å². The number of rotatable bonds is 3. The van der Waals surface area contributed by atoms with Gasteiger partial charge in [-0.15, -0.1) is 0 Å². The van der Waals surface area contributed by atoms with E-state index in [1.165, 1.54) is 0 Å². The molecule has 0 heterocycles. The first-order chi connectivity index (χ1) is 7.84. The first-order valence-corrected chi connectivity index (χ1v) is 4.73. The molecule has 0 amide bonds. The van der Waals surface area contributed by atoms with Crippen LogP contribution < -0.4 is 0 Å². The number of carbonyl (C=O) groups excluding carboxylic acids is 1. The molecule has 0 bridgehead atoms. The van der Waals surface area contributed by atoms with E-state index in [0.717, 1.165) is 31.4 Å². The minimum atomic E-state index is -4.58. The van der Waals surface area contributed by atoms with Gasteiger partial charge in [-0.1, -0.05) is 12.1 Å². The Balaban J connectivity index is 2.98. The van der Waals surface area contributed by atoms with Gasteiger partial charge in [-0.25, -0.2) is 4.39 Å². The molecule has 0 saturated heterocycles. The van der Waals surface area contributed by atoms with E-state index in [1.807, 2.05) is 0 Å². The summed E-state index contributed by atoms with van der Waals surface area (Å²) in [6.45, 7) is 0. The van der Waals surface area contributed by atoms with Crippen LogP contribution in [0.4, 0.5) is 17.6 Å². The number of alkyl halides is 3. The van der Waals surface area contributed by atoms with E-state index in [9.17, 15) is 22.4 Å². The Morgan fingerprint density at radius 1 is 1.29 bits per heavy atom. The van der Waals surface area contributed by atoms with E-state index in [0.29, 0.717) is 0 Å². The summed E-state index contributed by atoms with van der Waals surface area (Å²) in [6, 6.07) is 3.86. The molecule has 0 fully saturated rings. The predicted octanol–water partition coefficient (Wildman–Crippen LogP) is 3.03. The van der Waals surface area contributed by atoms with Gasteiger partial charge in [0.25, 0.3) is 0 Å². The van der Waals surface area contributed by atoms with Gasteiger partial charge in [0.15, 0.2) is 0 Å². The average Bonchev–Trinajstić information content (AvgIpc) is 2.25. The van der Waals surface area contributed by atoms with Crippen LogP contribution in [0.25, 0.3) is 0 Å². The molecule has 0 radical (unpaired) electrons. The number of carbonyl (C=O) groups is 1. The Morgan fingerprint density at radius 3 is 2.24 bits per heavy atom. The van der Waals surface area contributed by atoms with Crippen molar-refractivity contribution in [1.82, 2.24) is 0 Å². The highest BCUT2D eigenvalue weighted by Gasteiger charge is 2.42. The van der Waals surface area contributed by atoms with Crippen molar-refractivity contribution in [3.63, 3.8) is 0 Å². The molecule has 1 unspecified atom stereocenters. The summed E-state index contributed by atoms with van der Waals surface area (Å²) in [6.07, 6.45) is -5.39. The minimum Gasteiger partial charge on any atom is -0.469 e. The molecule has 0 spiro atoms. The van der Waals surface area contributed by atoms with Crippen molar-refractivity contribution in [3.05, 3.63) is 35.6 Å². The molecule has 1 atom stereocenters. The molecule has 0 aliphatic carbocycles. The molecular weight excluding hydrogens is 240 g/mol. The standard InChI is InChI=1S/C11H10F4O2/c1-17-10(16)6-9(11(13,14)15)7-2-4-8(12)5-3-7/h2-5,9H,6H2,1H3. The quantitative estimate of drug-likeness (QED) is 0.608. The maximum atomic E-state index is 12.7. The van der Waals surface area contributed by atoms with Crippen molar-refractivity contribution in [2.45, 2.75) is 18.5 Å². The Morgan fingerprint density at radius 2 is 1.82 bits per heavy atom. The molecule has 1 aromatic rings. The summed E-state index contributed by atoms with van der Waals surface area (Å²) < 4.78 is 54.9. The van der Waals surface area contributed by atoms with E-state index in [1.54, 1.807) is 0 Å². The molecule has 1 aromatic carbocycles. The van der Waals surface area contributed by atoms with Crippen molar-refractivity contribution in [3.8, 4) is 0 Å². The third-order valence-corrected chi connectivity index (χ3v) is 2.27.